The molecule has 0 aliphatic heterocycles. The van der Waals surface area contributed by atoms with E-state index in [2.05, 4.69) is 70.2 Å². The van der Waals surface area contributed by atoms with E-state index in [-0.39, 0.29) is 0 Å². The van der Waals surface area contributed by atoms with Gasteiger partial charge in [0.25, 0.3) is 0 Å². The summed E-state index contributed by atoms with van der Waals surface area (Å²) in [6, 6.07) is 6.31. The molecule has 0 saturated carbocycles. The minimum atomic E-state index is 0.770. The van der Waals surface area contributed by atoms with Gasteiger partial charge in [0.05, 0.1) is 10.3 Å². The summed E-state index contributed by atoms with van der Waals surface area (Å²) in [4.78, 5) is 12.4. The first-order chi connectivity index (χ1) is 11.1. The lowest BCUT2D eigenvalue weighted by atomic mass is 10.1. The van der Waals surface area contributed by atoms with E-state index in [9.17, 15) is 0 Å². The zero-order valence-corrected chi connectivity index (χ0v) is 16.2. The molecule has 2 aromatic heterocycles. The van der Waals surface area contributed by atoms with Gasteiger partial charge in [-0.05, 0) is 65.5 Å². The van der Waals surface area contributed by atoms with Gasteiger partial charge in [0.2, 0.25) is 0 Å². The van der Waals surface area contributed by atoms with Crippen molar-refractivity contribution in [2.45, 2.75) is 26.8 Å². The highest BCUT2D eigenvalue weighted by molar-refractivity contribution is 9.11. The first kappa shape index (κ1) is 17.9. The van der Waals surface area contributed by atoms with Gasteiger partial charge in [0.1, 0.15) is 0 Å². The normalized spacial score (nSPS) is 11.6. The first-order valence-electron chi connectivity index (χ1n) is 7.73. The van der Waals surface area contributed by atoms with Crippen molar-refractivity contribution in [3.63, 3.8) is 0 Å². The number of aliphatic imine (C=N–C) groups is 1. The number of nitrogens with zero attached hydrogens (tertiary/aromatic N) is 3. The summed E-state index contributed by atoms with van der Waals surface area (Å²) < 4.78 is 1.16. The Kier molecular flexibility index (Phi) is 7.05. The number of aromatic nitrogens is 1. The number of hydrogen-bond acceptors (Lipinski definition) is 3. The fourth-order valence-corrected chi connectivity index (χ4v) is 3.82. The largest absolute Gasteiger partial charge is 0.357 e. The molecule has 2 heterocycles. The number of halogens is 1. The zero-order chi connectivity index (χ0) is 16.7. The molecule has 2 aromatic rings. The van der Waals surface area contributed by atoms with Gasteiger partial charge in [0.15, 0.2) is 5.96 Å². The van der Waals surface area contributed by atoms with Crippen molar-refractivity contribution in [3.8, 4) is 0 Å². The van der Waals surface area contributed by atoms with Crippen molar-refractivity contribution >= 4 is 33.2 Å². The molecule has 1 N–H and O–H groups in total. The van der Waals surface area contributed by atoms with Crippen molar-refractivity contribution < 1.29 is 0 Å². The van der Waals surface area contributed by atoms with Crippen molar-refractivity contribution in [3.05, 3.63) is 50.4 Å². The third-order valence-electron chi connectivity index (χ3n) is 3.50. The topological polar surface area (TPSA) is 40.5 Å². The summed E-state index contributed by atoms with van der Waals surface area (Å²) in [5.74, 6) is 0.948. The average Bonchev–Trinajstić information content (AvgIpc) is 2.93. The maximum Gasteiger partial charge on any atom is 0.193 e. The Balaban J connectivity index is 1.97. The third-order valence-corrected chi connectivity index (χ3v) is 5.11. The molecular formula is C17H23BrN4S. The Morgan fingerprint density at radius 1 is 1.39 bits per heavy atom. The van der Waals surface area contributed by atoms with Crippen molar-refractivity contribution in [1.29, 1.82) is 0 Å². The molecule has 0 radical (unpaired) electrons. The van der Waals surface area contributed by atoms with Gasteiger partial charge >= 0.3 is 0 Å². The van der Waals surface area contributed by atoms with Crippen LogP contribution in [0.4, 0.5) is 0 Å². The minimum absolute atomic E-state index is 0.770. The monoisotopic (exact) mass is 394 g/mol. The van der Waals surface area contributed by atoms with Crippen LogP contribution >= 0.6 is 27.3 Å². The second kappa shape index (κ2) is 9.03. The van der Waals surface area contributed by atoms with Gasteiger partial charge in [-0.25, -0.2) is 0 Å². The molecule has 0 fully saturated rings. The van der Waals surface area contributed by atoms with Crippen LogP contribution in [0.1, 0.15) is 22.9 Å². The predicted molar refractivity (Wildman–Crippen MR) is 102 cm³/mol. The van der Waals surface area contributed by atoms with E-state index in [1.807, 2.05) is 12.4 Å². The van der Waals surface area contributed by atoms with Gasteiger partial charge in [-0.2, -0.15) is 0 Å². The molecular weight excluding hydrogens is 372 g/mol. The van der Waals surface area contributed by atoms with Crippen LogP contribution in [0, 0.1) is 6.92 Å². The lowest BCUT2D eigenvalue weighted by Crippen LogP contribution is -2.38. The number of thiophene rings is 1. The van der Waals surface area contributed by atoms with E-state index in [0.29, 0.717) is 0 Å². The molecule has 0 bridgehead atoms. The second-order valence-corrected chi connectivity index (χ2v) is 7.90. The first-order valence-corrected chi connectivity index (χ1v) is 9.34. The van der Waals surface area contributed by atoms with Gasteiger partial charge in [-0.3, -0.25) is 9.98 Å². The zero-order valence-electron chi connectivity index (χ0n) is 13.8. The fourth-order valence-electron chi connectivity index (χ4n) is 2.28. The Bertz CT molecular complexity index is 654. The highest BCUT2D eigenvalue weighted by Gasteiger charge is 2.08. The number of rotatable bonds is 6. The highest BCUT2D eigenvalue weighted by Crippen LogP contribution is 2.22. The summed E-state index contributed by atoms with van der Waals surface area (Å²) in [6.45, 7) is 6.68. The molecule has 0 unspecified atom stereocenters. The van der Waals surface area contributed by atoms with Crippen LogP contribution in [0.3, 0.4) is 0 Å². The van der Waals surface area contributed by atoms with Crippen molar-refractivity contribution in [1.82, 2.24) is 15.2 Å². The van der Waals surface area contributed by atoms with E-state index in [1.165, 1.54) is 16.0 Å². The van der Waals surface area contributed by atoms with E-state index < -0.39 is 0 Å². The molecule has 0 atom stereocenters. The maximum atomic E-state index is 4.76. The molecule has 0 saturated heterocycles. The number of pyridine rings is 1. The van der Waals surface area contributed by atoms with E-state index in [0.717, 1.165) is 35.8 Å². The molecule has 0 amide bonds. The lowest BCUT2D eigenvalue weighted by molar-refractivity contribution is 0.481. The molecule has 2 rings (SSSR count). The van der Waals surface area contributed by atoms with E-state index >= 15 is 0 Å². The van der Waals surface area contributed by atoms with Crippen LogP contribution < -0.4 is 5.32 Å². The SMILES string of the molecule is CCNC(=NCCc1ccncc1C)N(C)Cc1ccc(Br)s1. The summed E-state index contributed by atoms with van der Waals surface area (Å²) in [5, 5.41) is 3.37. The lowest BCUT2D eigenvalue weighted by Gasteiger charge is -2.21. The number of hydrogen-bond donors (Lipinski definition) is 1. The van der Waals surface area contributed by atoms with Crippen LogP contribution in [-0.4, -0.2) is 36.0 Å². The summed E-state index contributed by atoms with van der Waals surface area (Å²) in [7, 11) is 2.08. The van der Waals surface area contributed by atoms with Crippen molar-refractivity contribution in [2.75, 3.05) is 20.1 Å². The quantitative estimate of drug-likeness (QED) is 0.597. The van der Waals surface area contributed by atoms with Crippen molar-refractivity contribution in [2.24, 2.45) is 4.99 Å². The molecule has 124 valence electrons. The predicted octanol–water partition coefficient (Wildman–Crippen LogP) is 3.85. The van der Waals surface area contributed by atoms with E-state index in [4.69, 9.17) is 4.99 Å². The summed E-state index contributed by atoms with van der Waals surface area (Å²) in [5.41, 5.74) is 2.54. The van der Waals surface area contributed by atoms with E-state index in [1.54, 1.807) is 11.3 Å². The van der Waals surface area contributed by atoms with Crippen LogP contribution in [0.2, 0.25) is 0 Å². The summed E-state index contributed by atoms with van der Waals surface area (Å²) in [6.07, 6.45) is 4.69. The molecule has 0 aliphatic rings. The Morgan fingerprint density at radius 3 is 2.87 bits per heavy atom. The second-order valence-electron chi connectivity index (χ2n) is 5.35. The van der Waals surface area contributed by atoms with Gasteiger partial charge in [-0.1, -0.05) is 0 Å². The van der Waals surface area contributed by atoms with Crippen LogP contribution in [0.15, 0.2) is 39.4 Å². The van der Waals surface area contributed by atoms with Crippen LogP contribution in [-0.2, 0) is 13.0 Å². The van der Waals surface area contributed by atoms with Gasteiger partial charge < -0.3 is 10.2 Å². The molecule has 23 heavy (non-hydrogen) atoms. The highest BCUT2D eigenvalue weighted by atomic mass is 79.9. The Labute approximate surface area is 150 Å². The minimum Gasteiger partial charge on any atom is -0.357 e. The summed E-state index contributed by atoms with van der Waals surface area (Å²) >= 11 is 5.27. The molecule has 4 nitrogen and oxygen atoms in total. The standard InChI is InChI=1S/C17H23BrN4S/c1-4-20-17(22(3)12-15-5-6-16(18)23-15)21-10-8-14-7-9-19-11-13(14)2/h5-7,9,11H,4,8,10,12H2,1-3H3,(H,20,21). The number of guanidine groups is 1. The smallest absolute Gasteiger partial charge is 0.193 e. The van der Waals surface area contributed by atoms with Crippen LogP contribution in [0.25, 0.3) is 0 Å². The van der Waals surface area contributed by atoms with Gasteiger partial charge in [-0.15, -0.1) is 11.3 Å². The van der Waals surface area contributed by atoms with Gasteiger partial charge in [0, 0.05) is 37.4 Å². The Morgan fingerprint density at radius 2 is 2.22 bits per heavy atom. The average molecular weight is 395 g/mol. The van der Waals surface area contributed by atoms with Crippen LogP contribution in [0.5, 0.6) is 0 Å². The molecule has 0 spiro atoms. The molecule has 0 aromatic carbocycles. The number of aryl methyl sites for hydroxylation is 1. The molecule has 6 heteroatoms. The fraction of sp³-hybridized carbons (Fsp3) is 0.412. The maximum absolute atomic E-state index is 4.76. The molecule has 0 aliphatic carbocycles. The Hall–Kier alpha value is -1.40. The number of nitrogens with one attached hydrogen (secondary N) is 1. The third kappa shape index (κ3) is 5.62.